The summed E-state index contributed by atoms with van der Waals surface area (Å²) in [6.07, 6.45) is 0.937. The Bertz CT molecular complexity index is 620. The Morgan fingerprint density at radius 3 is 2.46 bits per heavy atom. The van der Waals surface area contributed by atoms with Crippen molar-refractivity contribution in [3.8, 4) is 5.75 Å². The van der Waals surface area contributed by atoms with E-state index in [9.17, 15) is 4.79 Å². The summed E-state index contributed by atoms with van der Waals surface area (Å²) in [7, 11) is 0. The monoisotopic (exact) mass is 348 g/mol. The van der Waals surface area contributed by atoms with Gasteiger partial charge in [0.25, 0.3) is 5.91 Å². The highest BCUT2D eigenvalue weighted by Crippen LogP contribution is 2.26. The second-order valence-electron chi connectivity index (χ2n) is 5.30. The van der Waals surface area contributed by atoms with E-state index in [-0.39, 0.29) is 18.3 Å². The third-order valence-electron chi connectivity index (χ3n) is 3.62. The Morgan fingerprint density at radius 1 is 1.12 bits per heavy atom. The second-order valence-corrected chi connectivity index (χ2v) is 5.30. The van der Waals surface area contributed by atoms with Crippen molar-refractivity contribution in [2.45, 2.75) is 25.9 Å². The number of rotatable bonds is 8. The second kappa shape index (κ2) is 10.7. The molecule has 130 valence electrons. The quantitative estimate of drug-likeness (QED) is 0.720. The van der Waals surface area contributed by atoms with E-state index >= 15 is 0 Å². The zero-order valence-corrected chi connectivity index (χ0v) is 14.7. The fourth-order valence-corrected chi connectivity index (χ4v) is 2.34. The minimum Gasteiger partial charge on any atom is -0.476 e. The van der Waals surface area contributed by atoms with Crippen LogP contribution in [0.5, 0.6) is 5.75 Å². The number of carbonyl (C=O) groups is 1. The van der Waals surface area contributed by atoms with E-state index in [1.807, 2.05) is 54.6 Å². The van der Waals surface area contributed by atoms with Crippen LogP contribution < -0.4 is 15.8 Å². The number of ether oxygens (including phenoxy) is 1. The molecule has 0 radical (unpaired) electrons. The van der Waals surface area contributed by atoms with Crippen LogP contribution in [-0.4, -0.2) is 19.0 Å². The molecule has 0 fully saturated rings. The number of carbonyl (C=O) groups excluding carboxylic acids is 1. The number of aryl methyl sites for hydroxylation is 1. The maximum atomic E-state index is 12.5. The summed E-state index contributed by atoms with van der Waals surface area (Å²) < 4.78 is 6.07. The van der Waals surface area contributed by atoms with Gasteiger partial charge in [0.1, 0.15) is 5.75 Å². The Morgan fingerprint density at radius 2 is 1.79 bits per heavy atom. The van der Waals surface area contributed by atoms with Crippen LogP contribution in [0.15, 0.2) is 54.6 Å². The van der Waals surface area contributed by atoms with Crippen molar-refractivity contribution < 1.29 is 9.53 Å². The summed E-state index contributed by atoms with van der Waals surface area (Å²) in [4.78, 5) is 12.5. The lowest BCUT2D eigenvalue weighted by Crippen LogP contribution is -2.33. The minimum atomic E-state index is -0.665. The fourth-order valence-electron chi connectivity index (χ4n) is 2.34. The molecule has 1 unspecified atom stereocenters. The molecule has 0 aliphatic rings. The van der Waals surface area contributed by atoms with Crippen molar-refractivity contribution >= 4 is 18.3 Å². The van der Waals surface area contributed by atoms with Crippen LogP contribution in [0.2, 0.25) is 0 Å². The molecule has 0 aromatic heterocycles. The van der Waals surface area contributed by atoms with Gasteiger partial charge in [-0.1, -0.05) is 55.5 Å². The standard InChI is InChI=1S/C19H24N2O2.ClH/c1-2-15-9-6-7-12-17(15)23-18(16-10-4-3-5-11-16)19(22)21-14-8-13-20;/h3-7,9-12,18H,2,8,13-14,20H2,1H3,(H,21,22);1H. The Balaban J connectivity index is 0.00000288. The maximum Gasteiger partial charge on any atom is 0.265 e. The number of para-hydroxylation sites is 1. The molecule has 0 saturated carbocycles. The number of benzene rings is 2. The highest BCUT2D eigenvalue weighted by molar-refractivity contribution is 5.85. The first-order chi connectivity index (χ1) is 11.3. The molecule has 2 aromatic rings. The molecule has 0 aliphatic carbocycles. The van der Waals surface area contributed by atoms with Gasteiger partial charge in [-0.15, -0.1) is 12.4 Å². The summed E-state index contributed by atoms with van der Waals surface area (Å²) in [5.74, 6) is 0.605. The van der Waals surface area contributed by atoms with Gasteiger partial charge in [0.05, 0.1) is 0 Å². The van der Waals surface area contributed by atoms with Crippen molar-refractivity contribution in [1.82, 2.24) is 5.32 Å². The smallest absolute Gasteiger partial charge is 0.265 e. The molecule has 1 atom stereocenters. The molecule has 2 rings (SSSR count). The SMILES string of the molecule is CCc1ccccc1OC(C(=O)NCCCN)c1ccccc1.Cl. The molecule has 0 saturated heterocycles. The number of hydrogen-bond donors (Lipinski definition) is 2. The highest BCUT2D eigenvalue weighted by atomic mass is 35.5. The molecule has 3 N–H and O–H groups in total. The van der Waals surface area contributed by atoms with Crippen LogP contribution in [0.3, 0.4) is 0 Å². The van der Waals surface area contributed by atoms with Gasteiger partial charge in [0.15, 0.2) is 0 Å². The van der Waals surface area contributed by atoms with Crippen molar-refractivity contribution in [1.29, 1.82) is 0 Å². The van der Waals surface area contributed by atoms with E-state index in [1.165, 1.54) is 0 Å². The van der Waals surface area contributed by atoms with Crippen molar-refractivity contribution in [3.05, 3.63) is 65.7 Å². The average molecular weight is 349 g/mol. The maximum absolute atomic E-state index is 12.5. The highest BCUT2D eigenvalue weighted by Gasteiger charge is 2.23. The van der Waals surface area contributed by atoms with Crippen molar-refractivity contribution in [3.63, 3.8) is 0 Å². The number of nitrogens with one attached hydrogen (secondary N) is 1. The lowest BCUT2D eigenvalue weighted by Gasteiger charge is -2.20. The Labute approximate surface area is 149 Å². The first kappa shape index (κ1) is 20.0. The van der Waals surface area contributed by atoms with E-state index in [2.05, 4.69) is 12.2 Å². The summed E-state index contributed by atoms with van der Waals surface area (Å²) in [5.41, 5.74) is 7.40. The van der Waals surface area contributed by atoms with Crippen LogP contribution in [0.4, 0.5) is 0 Å². The third-order valence-corrected chi connectivity index (χ3v) is 3.62. The Kier molecular flexibility index (Phi) is 8.90. The molecular weight excluding hydrogens is 324 g/mol. The summed E-state index contributed by atoms with van der Waals surface area (Å²) in [6, 6.07) is 17.4. The van der Waals surface area contributed by atoms with Crippen LogP contribution >= 0.6 is 12.4 Å². The van der Waals surface area contributed by atoms with Gasteiger partial charge in [-0.2, -0.15) is 0 Å². The molecule has 0 bridgehead atoms. The van der Waals surface area contributed by atoms with Gasteiger partial charge in [-0.05, 0) is 31.0 Å². The van der Waals surface area contributed by atoms with Gasteiger partial charge in [0.2, 0.25) is 6.10 Å². The molecule has 0 heterocycles. The molecule has 4 nitrogen and oxygen atoms in total. The molecule has 0 aliphatic heterocycles. The molecule has 1 amide bonds. The Hall–Kier alpha value is -2.04. The van der Waals surface area contributed by atoms with Crippen molar-refractivity contribution in [2.75, 3.05) is 13.1 Å². The molecule has 24 heavy (non-hydrogen) atoms. The topological polar surface area (TPSA) is 64.3 Å². The number of hydrogen-bond acceptors (Lipinski definition) is 3. The van der Waals surface area contributed by atoms with Crippen LogP contribution in [0, 0.1) is 0 Å². The number of amides is 1. The zero-order valence-electron chi connectivity index (χ0n) is 13.9. The van der Waals surface area contributed by atoms with Crippen LogP contribution in [-0.2, 0) is 11.2 Å². The average Bonchev–Trinajstić information content (AvgIpc) is 2.60. The van der Waals surface area contributed by atoms with E-state index in [1.54, 1.807) is 0 Å². The molecule has 5 heteroatoms. The lowest BCUT2D eigenvalue weighted by molar-refractivity contribution is -0.128. The first-order valence-corrected chi connectivity index (χ1v) is 8.03. The van der Waals surface area contributed by atoms with E-state index in [4.69, 9.17) is 10.5 Å². The van der Waals surface area contributed by atoms with Gasteiger partial charge in [0, 0.05) is 12.1 Å². The lowest BCUT2D eigenvalue weighted by atomic mass is 10.1. The molecular formula is C19H25ClN2O2. The van der Waals surface area contributed by atoms with Gasteiger partial charge >= 0.3 is 0 Å². The van der Waals surface area contributed by atoms with Gasteiger partial charge < -0.3 is 15.8 Å². The van der Waals surface area contributed by atoms with E-state index in [0.717, 1.165) is 29.7 Å². The normalized spacial score (nSPS) is 11.2. The van der Waals surface area contributed by atoms with Crippen LogP contribution in [0.25, 0.3) is 0 Å². The van der Waals surface area contributed by atoms with E-state index in [0.29, 0.717) is 13.1 Å². The van der Waals surface area contributed by atoms with Gasteiger partial charge in [-0.3, -0.25) is 4.79 Å². The first-order valence-electron chi connectivity index (χ1n) is 8.03. The summed E-state index contributed by atoms with van der Waals surface area (Å²) in [6.45, 7) is 3.17. The molecule has 0 spiro atoms. The van der Waals surface area contributed by atoms with Crippen LogP contribution in [0.1, 0.15) is 30.6 Å². The predicted molar refractivity (Wildman–Crippen MR) is 99.6 cm³/mol. The third kappa shape index (κ3) is 5.55. The van der Waals surface area contributed by atoms with Crippen molar-refractivity contribution in [2.24, 2.45) is 5.73 Å². The number of halogens is 1. The van der Waals surface area contributed by atoms with Gasteiger partial charge in [-0.25, -0.2) is 0 Å². The predicted octanol–water partition coefficient (Wildman–Crippen LogP) is 3.26. The summed E-state index contributed by atoms with van der Waals surface area (Å²) >= 11 is 0. The van der Waals surface area contributed by atoms with E-state index < -0.39 is 6.10 Å². The molecule has 2 aromatic carbocycles. The zero-order chi connectivity index (χ0) is 16.5. The number of nitrogens with two attached hydrogens (primary N) is 1. The summed E-state index contributed by atoms with van der Waals surface area (Å²) in [5, 5.41) is 2.90. The fraction of sp³-hybridized carbons (Fsp3) is 0.316. The largest absolute Gasteiger partial charge is 0.476 e. The minimum absolute atomic E-state index is 0.